The second-order valence-corrected chi connectivity index (χ2v) is 3.81. The van der Waals surface area contributed by atoms with Gasteiger partial charge in [-0.3, -0.25) is 9.89 Å². The van der Waals surface area contributed by atoms with Gasteiger partial charge in [-0.1, -0.05) is 18.2 Å². The molecular weight excluding hydrogens is 228 g/mol. The molecule has 0 unspecified atom stereocenters. The van der Waals surface area contributed by atoms with Crippen LogP contribution in [0.15, 0.2) is 36.4 Å². The minimum atomic E-state index is -0.152. The zero-order chi connectivity index (χ0) is 13.0. The van der Waals surface area contributed by atoms with Gasteiger partial charge in [-0.05, 0) is 32.1 Å². The number of hydrogen-bond acceptors (Lipinski definition) is 3. The van der Waals surface area contributed by atoms with Crippen LogP contribution in [0, 0.1) is 6.92 Å². The second-order valence-electron chi connectivity index (χ2n) is 3.81. The number of aromatic nitrogens is 3. The third-order valence-corrected chi connectivity index (χ3v) is 2.30. The van der Waals surface area contributed by atoms with Gasteiger partial charge in [-0.2, -0.15) is 5.10 Å². The highest BCUT2D eigenvalue weighted by Crippen LogP contribution is 2.19. The van der Waals surface area contributed by atoms with E-state index in [1.807, 2.05) is 31.2 Å². The summed E-state index contributed by atoms with van der Waals surface area (Å²) in [5, 5.41) is 9.64. The largest absolute Gasteiger partial charge is 0.322 e. The summed E-state index contributed by atoms with van der Waals surface area (Å²) in [5.41, 5.74) is 1.58. The van der Waals surface area contributed by atoms with Gasteiger partial charge in [0, 0.05) is 11.3 Å². The highest BCUT2D eigenvalue weighted by molar-refractivity contribution is 5.99. The van der Waals surface area contributed by atoms with Crippen molar-refractivity contribution in [2.45, 2.75) is 13.8 Å². The Morgan fingerprint density at radius 3 is 2.94 bits per heavy atom. The van der Waals surface area contributed by atoms with E-state index in [4.69, 9.17) is 0 Å². The molecule has 5 nitrogen and oxygen atoms in total. The maximum Gasteiger partial charge on any atom is 0.248 e. The highest BCUT2D eigenvalue weighted by Gasteiger charge is 2.05. The summed E-state index contributed by atoms with van der Waals surface area (Å²) < 4.78 is 0. The summed E-state index contributed by atoms with van der Waals surface area (Å²) in [6.07, 6.45) is 3.17. The molecule has 0 atom stereocenters. The molecule has 0 fully saturated rings. The summed E-state index contributed by atoms with van der Waals surface area (Å²) in [6.45, 7) is 3.64. The molecule has 0 bridgehead atoms. The molecule has 0 aliphatic heterocycles. The van der Waals surface area contributed by atoms with Crippen LogP contribution in [0.1, 0.15) is 12.7 Å². The quantitative estimate of drug-likeness (QED) is 0.811. The maximum absolute atomic E-state index is 11.4. The second kappa shape index (κ2) is 5.27. The first-order chi connectivity index (χ1) is 8.69. The number of rotatable bonds is 3. The lowest BCUT2D eigenvalue weighted by Crippen LogP contribution is -2.07. The number of carbonyl (C=O) groups excluding carboxylic acids is 1. The Morgan fingerprint density at radius 1 is 1.44 bits per heavy atom. The van der Waals surface area contributed by atoms with Crippen LogP contribution in [0.3, 0.4) is 0 Å². The van der Waals surface area contributed by atoms with E-state index in [0.29, 0.717) is 5.82 Å². The maximum atomic E-state index is 11.4. The monoisotopic (exact) mass is 242 g/mol. The number of aryl methyl sites for hydroxylation is 1. The van der Waals surface area contributed by atoms with Crippen molar-refractivity contribution in [1.82, 2.24) is 15.2 Å². The van der Waals surface area contributed by atoms with E-state index in [1.165, 1.54) is 6.08 Å². The summed E-state index contributed by atoms with van der Waals surface area (Å²) >= 11 is 0. The molecule has 0 aliphatic rings. The Kier molecular flexibility index (Phi) is 3.52. The van der Waals surface area contributed by atoms with E-state index >= 15 is 0 Å². The Labute approximate surface area is 105 Å². The van der Waals surface area contributed by atoms with Gasteiger partial charge in [0.05, 0.1) is 0 Å². The van der Waals surface area contributed by atoms with E-state index in [0.717, 1.165) is 17.1 Å². The molecule has 0 saturated carbocycles. The number of carbonyl (C=O) groups is 1. The van der Waals surface area contributed by atoms with Crippen LogP contribution in [0.4, 0.5) is 5.69 Å². The summed E-state index contributed by atoms with van der Waals surface area (Å²) in [4.78, 5) is 15.7. The highest BCUT2D eigenvalue weighted by atomic mass is 16.1. The number of hydrogen-bond donors (Lipinski definition) is 2. The van der Waals surface area contributed by atoms with Crippen LogP contribution in [0.25, 0.3) is 11.4 Å². The van der Waals surface area contributed by atoms with Crippen molar-refractivity contribution in [2.75, 3.05) is 5.32 Å². The fourth-order valence-electron chi connectivity index (χ4n) is 1.54. The number of allylic oxidation sites excluding steroid dienone is 1. The van der Waals surface area contributed by atoms with Gasteiger partial charge >= 0.3 is 0 Å². The van der Waals surface area contributed by atoms with E-state index in [2.05, 4.69) is 20.5 Å². The molecule has 2 aromatic rings. The molecule has 18 heavy (non-hydrogen) atoms. The summed E-state index contributed by atoms with van der Waals surface area (Å²) in [5.74, 6) is 1.23. The molecule has 0 aliphatic carbocycles. The van der Waals surface area contributed by atoms with Crippen molar-refractivity contribution < 1.29 is 4.79 Å². The lowest BCUT2D eigenvalue weighted by Gasteiger charge is -2.03. The van der Waals surface area contributed by atoms with Crippen molar-refractivity contribution in [3.05, 3.63) is 42.2 Å². The van der Waals surface area contributed by atoms with Crippen molar-refractivity contribution in [3.63, 3.8) is 0 Å². The molecular formula is C13H14N4O. The first kappa shape index (κ1) is 12.0. The third kappa shape index (κ3) is 2.82. The molecule has 2 rings (SSSR count). The molecule has 1 amide bonds. The number of H-pyrrole nitrogens is 1. The molecule has 5 heteroatoms. The standard InChI is InChI=1S/C13H14N4O/c1-3-5-12(18)15-11-7-4-6-10(8-11)13-14-9(2)16-17-13/h3-8H,1-2H3,(H,15,18)(H,14,16,17). The van der Waals surface area contributed by atoms with Crippen LogP contribution in [-0.4, -0.2) is 21.1 Å². The van der Waals surface area contributed by atoms with Crippen LogP contribution in [-0.2, 0) is 4.79 Å². The Balaban J connectivity index is 2.22. The van der Waals surface area contributed by atoms with Crippen molar-refractivity contribution in [1.29, 1.82) is 0 Å². The van der Waals surface area contributed by atoms with Gasteiger partial charge in [0.15, 0.2) is 5.82 Å². The average Bonchev–Trinajstić information content (AvgIpc) is 2.76. The first-order valence-corrected chi connectivity index (χ1v) is 5.62. The third-order valence-electron chi connectivity index (χ3n) is 2.30. The van der Waals surface area contributed by atoms with Crippen LogP contribution in [0.5, 0.6) is 0 Å². The topological polar surface area (TPSA) is 70.7 Å². The number of aromatic amines is 1. The molecule has 0 spiro atoms. The zero-order valence-corrected chi connectivity index (χ0v) is 10.3. The molecule has 1 aromatic carbocycles. The van der Waals surface area contributed by atoms with Gasteiger partial charge < -0.3 is 5.32 Å². The number of nitrogens with one attached hydrogen (secondary N) is 2. The Morgan fingerprint density at radius 2 is 2.28 bits per heavy atom. The average molecular weight is 242 g/mol. The van der Waals surface area contributed by atoms with Crippen LogP contribution in [0.2, 0.25) is 0 Å². The van der Waals surface area contributed by atoms with E-state index in [-0.39, 0.29) is 5.91 Å². The molecule has 1 heterocycles. The number of amides is 1. The lowest BCUT2D eigenvalue weighted by molar-refractivity contribution is -0.111. The van der Waals surface area contributed by atoms with Gasteiger partial charge in [-0.15, -0.1) is 0 Å². The molecule has 0 radical (unpaired) electrons. The van der Waals surface area contributed by atoms with Crippen molar-refractivity contribution in [2.24, 2.45) is 0 Å². The first-order valence-electron chi connectivity index (χ1n) is 5.62. The predicted octanol–water partition coefficient (Wildman–Crippen LogP) is 2.29. The Bertz CT molecular complexity index is 586. The van der Waals surface area contributed by atoms with Gasteiger partial charge in [0.1, 0.15) is 5.82 Å². The lowest BCUT2D eigenvalue weighted by atomic mass is 10.2. The molecule has 0 saturated heterocycles. The summed E-state index contributed by atoms with van der Waals surface area (Å²) in [6, 6.07) is 7.41. The predicted molar refractivity (Wildman–Crippen MR) is 70.0 cm³/mol. The van der Waals surface area contributed by atoms with Crippen LogP contribution < -0.4 is 5.32 Å². The molecule has 92 valence electrons. The van der Waals surface area contributed by atoms with Crippen LogP contribution >= 0.6 is 0 Å². The van der Waals surface area contributed by atoms with Crippen molar-refractivity contribution >= 4 is 11.6 Å². The fraction of sp³-hybridized carbons (Fsp3) is 0.154. The van der Waals surface area contributed by atoms with E-state index in [9.17, 15) is 4.79 Å². The summed E-state index contributed by atoms with van der Waals surface area (Å²) in [7, 11) is 0. The van der Waals surface area contributed by atoms with Gasteiger partial charge in [0.2, 0.25) is 5.91 Å². The fourth-order valence-corrected chi connectivity index (χ4v) is 1.54. The normalized spacial score (nSPS) is 10.8. The Hall–Kier alpha value is -2.43. The minimum absolute atomic E-state index is 0.152. The molecule has 2 N–H and O–H groups in total. The minimum Gasteiger partial charge on any atom is -0.322 e. The number of benzene rings is 1. The van der Waals surface area contributed by atoms with Gasteiger partial charge in [-0.25, -0.2) is 4.98 Å². The van der Waals surface area contributed by atoms with Gasteiger partial charge in [0.25, 0.3) is 0 Å². The van der Waals surface area contributed by atoms with E-state index in [1.54, 1.807) is 13.0 Å². The zero-order valence-electron chi connectivity index (χ0n) is 10.3. The SMILES string of the molecule is CC=CC(=O)Nc1cccc(-c2n[nH]c(C)n2)c1. The molecule has 1 aromatic heterocycles. The van der Waals surface area contributed by atoms with Crippen molar-refractivity contribution in [3.8, 4) is 11.4 Å². The number of anilines is 1. The number of nitrogens with zero attached hydrogens (tertiary/aromatic N) is 2. The smallest absolute Gasteiger partial charge is 0.248 e. The van der Waals surface area contributed by atoms with E-state index < -0.39 is 0 Å².